The fraction of sp³-hybridized carbons (Fsp3) is 0.391. The van der Waals surface area contributed by atoms with Gasteiger partial charge in [0.1, 0.15) is 18.1 Å². The Hall–Kier alpha value is -3.22. The van der Waals surface area contributed by atoms with Crippen LogP contribution in [0.4, 0.5) is 0 Å². The van der Waals surface area contributed by atoms with E-state index in [1.807, 2.05) is 6.92 Å². The summed E-state index contributed by atoms with van der Waals surface area (Å²) in [6, 6.07) is 8.26. The molecule has 0 saturated heterocycles. The van der Waals surface area contributed by atoms with Crippen LogP contribution in [0.3, 0.4) is 0 Å². The Morgan fingerprint density at radius 3 is 2.63 bits per heavy atom. The molecule has 2 aromatic carbocycles. The lowest BCUT2D eigenvalue weighted by atomic mass is 9.96. The average molecular weight is 415 g/mol. The Morgan fingerprint density at radius 1 is 1.23 bits per heavy atom. The summed E-state index contributed by atoms with van der Waals surface area (Å²) >= 11 is 0. The number of benzene rings is 2. The molecule has 1 saturated carbocycles. The molecule has 158 valence electrons. The molecule has 0 aromatic heterocycles. The van der Waals surface area contributed by atoms with Crippen LogP contribution >= 0.6 is 0 Å². The van der Waals surface area contributed by atoms with Gasteiger partial charge in [0.25, 0.3) is 0 Å². The maximum Gasteiger partial charge on any atom is 0.338 e. The van der Waals surface area contributed by atoms with E-state index in [1.54, 1.807) is 24.3 Å². The van der Waals surface area contributed by atoms with Crippen molar-refractivity contribution in [3.63, 3.8) is 0 Å². The molecule has 7 nitrogen and oxygen atoms in total. The van der Waals surface area contributed by atoms with Crippen LogP contribution in [0.2, 0.25) is 0 Å². The van der Waals surface area contributed by atoms with Crippen molar-refractivity contribution in [2.24, 2.45) is 5.41 Å². The van der Waals surface area contributed by atoms with Crippen molar-refractivity contribution >= 4 is 11.9 Å². The second-order valence-electron chi connectivity index (χ2n) is 7.50. The minimum Gasteiger partial charge on any atom is -0.493 e. The van der Waals surface area contributed by atoms with Crippen LogP contribution in [0, 0.1) is 5.41 Å². The van der Waals surface area contributed by atoms with Gasteiger partial charge in [0, 0.05) is 11.1 Å². The molecule has 0 radical (unpaired) electrons. The zero-order valence-corrected chi connectivity index (χ0v) is 16.7. The number of carboxylic acids is 1. The molecular weight excluding hydrogens is 388 g/mol. The standard InChI is InChI=1S/C23H24O7/c1-4-18(23(9-10-23)22(25)26)30-19-15(7-8-17(27-2)20(19)28-3)13-5-6-16-14(11-13)12-29-21(16)24/h5-8,11,18H,4,9-10,12H2,1-3H3,(H,25,26)/i2D3. The zero-order valence-electron chi connectivity index (χ0n) is 19.7. The summed E-state index contributed by atoms with van der Waals surface area (Å²) in [6.45, 7) is 1.98. The van der Waals surface area contributed by atoms with Crippen LogP contribution in [0.25, 0.3) is 11.1 Å². The Bertz CT molecular complexity index is 1110. The molecule has 7 heteroatoms. The zero-order chi connectivity index (χ0) is 24.0. The molecule has 2 aliphatic rings. The van der Waals surface area contributed by atoms with Crippen molar-refractivity contribution in [3.8, 4) is 28.4 Å². The summed E-state index contributed by atoms with van der Waals surface area (Å²) in [5.74, 6) is -1.14. The fourth-order valence-electron chi connectivity index (χ4n) is 4.00. The van der Waals surface area contributed by atoms with Gasteiger partial charge in [-0.2, -0.15) is 0 Å². The number of ether oxygens (including phenoxy) is 4. The predicted octanol–water partition coefficient (Wildman–Crippen LogP) is 4.06. The smallest absolute Gasteiger partial charge is 0.338 e. The lowest BCUT2D eigenvalue weighted by Gasteiger charge is -2.27. The summed E-state index contributed by atoms with van der Waals surface area (Å²) in [5, 5.41) is 9.78. The van der Waals surface area contributed by atoms with Crippen molar-refractivity contribution in [1.29, 1.82) is 0 Å². The van der Waals surface area contributed by atoms with Gasteiger partial charge in [0.15, 0.2) is 11.5 Å². The summed E-state index contributed by atoms with van der Waals surface area (Å²) in [4.78, 5) is 23.8. The molecule has 0 spiro atoms. The molecule has 2 aromatic rings. The third-order valence-corrected chi connectivity index (χ3v) is 5.85. The number of cyclic esters (lactones) is 1. The first kappa shape index (κ1) is 16.6. The van der Waals surface area contributed by atoms with Gasteiger partial charge in [0.05, 0.1) is 23.8 Å². The van der Waals surface area contributed by atoms with E-state index in [-0.39, 0.29) is 23.9 Å². The van der Waals surface area contributed by atoms with Gasteiger partial charge in [-0.3, -0.25) is 4.79 Å². The number of aliphatic carboxylic acids is 1. The number of hydrogen-bond donors (Lipinski definition) is 1. The molecule has 30 heavy (non-hydrogen) atoms. The first-order chi connectivity index (χ1) is 15.6. The number of hydrogen-bond acceptors (Lipinski definition) is 6. The van der Waals surface area contributed by atoms with E-state index >= 15 is 0 Å². The summed E-state index contributed by atoms with van der Waals surface area (Å²) < 4.78 is 44.4. The summed E-state index contributed by atoms with van der Waals surface area (Å²) in [5.41, 5.74) is 1.41. The van der Waals surface area contributed by atoms with E-state index < -0.39 is 30.5 Å². The highest BCUT2D eigenvalue weighted by atomic mass is 16.5. The largest absolute Gasteiger partial charge is 0.493 e. The Balaban J connectivity index is 1.84. The number of carboxylic acid groups (broad SMARTS) is 1. The minimum absolute atomic E-state index is 0.0500. The molecular formula is C23H24O7. The van der Waals surface area contributed by atoms with Crippen LogP contribution in [0.1, 0.15) is 46.2 Å². The van der Waals surface area contributed by atoms with Crippen molar-refractivity contribution in [2.45, 2.75) is 38.9 Å². The minimum atomic E-state index is -2.72. The van der Waals surface area contributed by atoms with E-state index in [0.717, 1.165) is 0 Å². The molecule has 1 aliphatic carbocycles. The van der Waals surface area contributed by atoms with Crippen molar-refractivity contribution in [1.82, 2.24) is 0 Å². The number of rotatable bonds is 8. The third-order valence-electron chi connectivity index (χ3n) is 5.85. The van der Waals surface area contributed by atoms with Gasteiger partial charge in [-0.25, -0.2) is 4.79 Å². The molecule has 0 bridgehead atoms. The molecule has 0 amide bonds. The van der Waals surface area contributed by atoms with Crippen molar-refractivity contribution in [3.05, 3.63) is 41.5 Å². The molecule has 1 fully saturated rings. The van der Waals surface area contributed by atoms with Crippen LogP contribution in [0.15, 0.2) is 30.3 Å². The Labute approximate surface area is 178 Å². The quantitative estimate of drug-likeness (QED) is 0.650. The summed E-state index contributed by atoms with van der Waals surface area (Å²) in [6.07, 6.45) is 0.737. The second-order valence-corrected chi connectivity index (χ2v) is 7.50. The molecule has 1 unspecified atom stereocenters. The predicted molar refractivity (Wildman–Crippen MR) is 108 cm³/mol. The lowest BCUT2D eigenvalue weighted by molar-refractivity contribution is -0.147. The molecule has 1 aliphatic heterocycles. The molecule has 1 atom stereocenters. The van der Waals surface area contributed by atoms with Gasteiger partial charge >= 0.3 is 11.9 Å². The maximum atomic E-state index is 11.9. The fourth-order valence-corrected chi connectivity index (χ4v) is 4.00. The first-order valence-electron chi connectivity index (χ1n) is 11.2. The normalized spacial score (nSPS) is 18.9. The van der Waals surface area contributed by atoms with Gasteiger partial charge in [-0.05, 0) is 49.1 Å². The molecule has 1 heterocycles. The highest BCUT2D eigenvalue weighted by molar-refractivity contribution is 5.94. The lowest BCUT2D eigenvalue weighted by Crippen LogP contribution is -2.34. The first-order valence-corrected chi connectivity index (χ1v) is 9.70. The van der Waals surface area contributed by atoms with Gasteiger partial charge < -0.3 is 24.1 Å². The van der Waals surface area contributed by atoms with Gasteiger partial charge in [-0.1, -0.05) is 13.0 Å². The molecule has 1 N–H and O–H groups in total. The number of esters is 1. The van der Waals surface area contributed by atoms with Gasteiger partial charge in [-0.15, -0.1) is 0 Å². The summed E-state index contributed by atoms with van der Waals surface area (Å²) in [7, 11) is -1.36. The second kappa shape index (κ2) is 7.55. The van der Waals surface area contributed by atoms with Crippen LogP contribution < -0.4 is 14.2 Å². The van der Waals surface area contributed by atoms with Crippen molar-refractivity contribution in [2.75, 3.05) is 14.1 Å². The number of carbonyl (C=O) groups is 2. The van der Waals surface area contributed by atoms with E-state index in [0.29, 0.717) is 41.5 Å². The number of methoxy groups -OCH3 is 2. The highest BCUT2D eigenvalue weighted by Gasteiger charge is 2.57. The van der Waals surface area contributed by atoms with E-state index in [2.05, 4.69) is 0 Å². The molecule has 4 rings (SSSR count). The van der Waals surface area contributed by atoms with E-state index in [4.69, 9.17) is 23.1 Å². The van der Waals surface area contributed by atoms with Crippen LogP contribution in [0.5, 0.6) is 17.2 Å². The van der Waals surface area contributed by atoms with Crippen LogP contribution in [-0.2, 0) is 16.1 Å². The monoisotopic (exact) mass is 415 g/mol. The topological polar surface area (TPSA) is 91.3 Å². The van der Waals surface area contributed by atoms with Crippen molar-refractivity contribution < 1.29 is 37.8 Å². The van der Waals surface area contributed by atoms with E-state index in [9.17, 15) is 14.7 Å². The SMILES string of the molecule is [2H]C([2H])([2H])Oc1ccc(-c2ccc3c(c2)COC3=O)c(OC(CC)C2(C(=O)O)CC2)c1OC. The Kier molecular flexibility index (Phi) is 4.17. The van der Waals surface area contributed by atoms with E-state index in [1.165, 1.54) is 13.2 Å². The average Bonchev–Trinajstić information content (AvgIpc) is 3.49. The van der Waals surface area contributed by atoms with Gasteiger partial charge in [0.2, 0.25) is 5.75 Å². The Morgan fingerprint density at radius 2 is 2.00 bits per heavy atom. The third kappa shape index (κ3) is 3.14. The number of fused-ring (bicyclic) bond motifs is 1. The van der Waals surface area contributed by atoms with Crippen LogP contribution in [-0.4, -0.2) is 37.3 Å². The number of carbonyl (C=O) groups excluding carboxylic acids is 1. The maximum absolute atomic E-state index is 11.9. The highest BCUT2D eigenvalue weighted by Crippen LogP contribution is 2.53.